The summed E-state index contributed by atoms with van der Waals surface area (Å²) in [6, 6.07) is 0. The fourth-order valence-electron chi connectivity index (χ4n) is 3.77. The van der Waals surface area contributed by atoms with Crippen molar-refractivity contribution in [3.8, 4) is 11.5 Å². The van der Waals surface area contributed by atoms with Gasteiger partial charge in [-0.3, -0.25) is 4.79 Å². The van der Waals surface area contributed by atoms with Gasteiger partial charge in [0.2, 0.25) is 4.93 Å². The quantitative estimate of drug-likeness (QED) is 0.344. The zero-order valence-electron chi connectivity index (χ0n) is 12.6. The maximum absolute atomic E-state index is 12.2. The molecule has 0 radical (unpaired) electrons. The molecule has 2 heterocycles. The highest BCUT2D eigenvalue weighted by molar-refractivity contribution is 9.15. The lowest BCUT2D eigenvalue weighted by Gasteiger charge is -2.51. The van der Waals surface area contributed by atoms with Crippen LogP contribution in [0.4, 0.5) is 0 Å². The van der Waals surface area contributed by atoms with Gasteiger partial charge in [-0.1, -0.05) is 11.8 Å². The molecule has 2 atom stereocenters. The summed E-state index contributed by atoms with van der Waals surface area (Å²) in [5.74, 6) is 0.534. The normalized spacial score (nSPS) is 30.1. The number of primary amides is 1. The Morgan fingerprint density at radius 3 is 2.12 bits per heavy atom. The van der Waals surface area contributed by atoms with Crippen LogP contribution in [0.3, 0.4) is 0 Å². The molecule has 1 fully saturated rings. The van der Waals surface area contributed by atoms with E-state index in [1.165, 1.54) is 11.8 Å². The second-order valence-corrected chi connectivity index (χ2v) is 10.6. The Labute approximate surface area is 182 Å². The van der Waals surface area contributed by atoms with Crippen LogP contribution in [0.5, 0.6) is 11.5 Å². The van der Waals surface area contributed by atoms with Gasteiger partial charge >= 0.3 is 0 Å². The molecule has 1 aliphatic carbocycles. The number of ether oxygens (including phenoxy) is 2. The summed E-state index contributed by atoms with van der Waals surface area (Å²) < 4.78 is 16.1. The summed E-state index contributed by atoms with van der Waals surface area (Å²) in [4.78, 5) is 11.4. The lowest BCUT2D eigenvalue weighted by atomic mass is 9.75. The molecule has 4 N–H and O–H groups in total. The Morgan fingerprint density at radius 1 is 0.960 bits per heavy atom. The number of fused-ring (bicyclic) bond motifs is 1. The van der Waals surface area contributed by atoms with Gasteiger partial charge in [-0.05, 0) is 83.0 Å². The second-order valence-electron chi connectivity index (χ2n) is 6.11. The average molecular weight is 620 g/mol. The fourth-order valence-corrected chi connectivity index (χ4v) is 7.48. The molecule has 0 spiro atoms. The molecule has 0 unspecified atom stereocenters. The molecule has 1 aromatic carbocycles. The van der Waals surface area contributed by atoms with Crippen LogP contribution < -0.4 is 20.9 Å². The van der Waals surface area contributed by atoms with E-state index in [1.54, 1.807) is 0 Å². The van der Waals surface area contributed by atoms with Gasteiger partial charge in [0.1, 0.15) is 0 Å². The number of amides is 1. The van der Waals surface area contributed by atoms with Crippen molar-refractivity contribution in [3.05, 3.63) is 28.5 Å². The maximum Gasteiger partial charge on any atom is 0.251 e. The maximum atomic E-state index is 12.2. The molecule has 4 rings (SSSR count). The smallest absolute Gasteiger partial charge is 0.251 e. The van der Waals surface area contributed by atoms with Crippen LogP contribution in [0.15, 0.2) is 28.5 Å². The Kier molecular flexibility index (Phi) is 4.47. The number of nitrogens with two attached hydrogens (primary N) is 2. The van der Waals surface area contributed by atoms with Crippen LogP contribution >= 0.6 is 75.5 Å². The third-order valence-electron chi connectivity index (χ3n) is 4.80. The van der Waals surface area contributed by atoms with E-state index in [-0.39, 0.29) is 0 Å². The molecule has 0 aromatic heterocycles. The fraction of sp³-hybridized carbons (Fsp3) is 0.400. The summed E-state index contributed by atoms with van der Waals surface area (Å²) in [5, 5.41) is 0.382. The van der Waals surface area contributed by atoms with E-state index in [1.807, 2.05) is 0 Å². The molecular weight excluding hydrogens is 608 g/mol. The topological polar surface area (TPSA) is 87.6 Å². The number of carbonyl (C=O) groups excluding carboxylic acids is 1. The van der Waals surface area contributed by atoms with E-state index in [4.69, 9.17) is 20.9 Å². The Hall–Kier alpha value is 0.1000. The van der Waals surface area contributed by atoms with Crippen LogP contribution in [0.25, 0.3) is 0 Å². The van der Waals surface area contributed by atoms with Gasteiger partial charge in [0.25, 0.3) is 5.91 Å². The Morgan fingerprint density at radius 2 is 1.52 bits per heavy atom. The minimum Gasteiger partial charge on any atom is -0.472 e. The summed E-state index contributed by atoms with van der Waals surface area (Å²) >= 11 is 15.5. The van der Waals surface area contributed by atoms with E-state index in [9.17, 15) is 4.79 Å². The van der Waals surface area contributed by atoms with Crippen LogP contribution in [0, 0.1) is 0 Å². The third kappa shape index (κ3) is 2.33. The molecule has 1 aromatic rings. The van der Waals surface area contributed by atoms with E-state index in [2.05, 4.69) is 63.7 Å². The van der Waals surface area contributed by atoms with Crippen molar-refractivity contribution in [2.45, 2.75) is 36.2 Å². The van der Waals surface area contributed by atoms with E-state index in [0.29, 0.717) is 39.4 Å². The molecular formula is C15H12Br4N2O3S. The van der Waals surface area contributed by atoms with E-state index < -0.39 is 16.4 Å². The highest BCUT2D eigenvalue weighted by atomic mass is 79.9. The van der Waals surface area contributed by atoms with Crippen molar-refractivity contribution < 1.29 is 14.3 Å². The van der Waals surface area contributed by atoms with Gasteiger partial charge in [-0.2, -0.15) is 0 Å². The number of hydrogen-bond acceptors (Lipinski definition) is 5. The molecule has 1 amide bonds. The number of benzene rings is 1. The predicted molar refractivity (Wildman–Crippen MR) is 110 cm³/mol. The molecule has 1 saturated carbocycles. The van der Waals surface area contributed by atoms with Crippen molar-refractivity contribution in [2.24, 2.45) is 11.5 Å². The molecule has 2 aliphatic heterocycles. The zero-order valence-corrected chi connectivity index (χ0v) is 19.8. The molecule has 134 valence electrons. The highest BCUT2D eigenvalue weighted by Gasteiger charge is 2.69. The van der Waals surface area contributed by atoms with E-state index in [0.717, 1.165) is 26.3 Å². The molecule has 0 bridgehead atoms. The largest absolute Gasteiger partial charge is 0.472 e. The predicted octanol–water partition coefficient (Wildman–Crippen LogP) is 4.92. The number of hydrogen-bond donors (Lipinski definition) is 2. The number of thioether (sulfide) groups is 1. The van der Waals surface area contributed by atoms with Gasteiger partial charge < -0.3 is 20.9 Å². The summed E-state index contributed by atoms with van der Waals surface area (Å²) in [6.07, 6.45) is 3.20. The molecule has 5 nitrogen and oxygen atoms in total. The van der Waals surface area contributed by atoms with Crippen molar-refractivity contribution in [1.29, 1.82) is 0 Å². The lowest BCUT2D eigenvalue weighted by Crippen LogP contribution is -2.63. The van der Waals surface area contributed by atoms with Crippen LogP contribution in [-0.2, 0) is 4.79 Å². The molecule has 10 heteroatoms. The van der Waals surface area contributed by atoms with Crippen LogP contribution in [0.1, 0.15) is 25.7 Å². The number of rotatable bonds is 1. The van der Waals surface area contributed by atoms with Gasteiger partial charge in [-0.15, -0.1) is 0 Å². The van der Waals surface area contributed by atoms with Crippen molar-refractivity contribution in [1.82, 2.24) is 0 Å². The van der Waals surface area contributed by atoms with Crippen molar-refractivity contribution in [2.75, 3.05) is 0 Å². The summed E-state index contributed by atoms with van der Waals surface area (Å²) in [6.45, 7) is 0. The zero-order chi connectivity index (χ0) is 18.1. The third-order valence-corrected chi connectivity index (χ3v) is 10.9. The summed E-state index contributed by atoms with van der Waals surface area (Å²) in [5.41, 5.74) is 11.2. The van der Waals surface area contributed by atoms with Crippen LogP contribution in [0.2, 0.25) is 0 Å². The molecule has 0 saturated heterocycles. The van der Waals surface area contributed by atoms with Gasteiger partial charge in [0.15, 0.2) is 17.1 Å². The number of halogens is 4. The first-order chi connectivity index (χ1) is 11.7. The van der Waals surface area contributed by atoms with E-state index >= 15 is 0 Å². The van der Waals surface area contributed by atoms with Gasteiger partial charge in [0.05, 0.1) is 28.5 Å². The van der Waals surface area contributed by atoms with Crippen molar-refractivity contribution >= 4 is 81.4 Å². The number of carbonyl (C=O) groups is 1. The first-order valence-electron chi connectivity index (χ1n) is 7.47. The SMILES string of the molecule is NC(=O)C1=C(N)S[C@@]23CCCC[C@@]12Oc1c(Br)c(Br)c(Br)c(Br)c1O3. The minimum absolute atomic E-state index is 0.324. The Bertz CT molecular complexity index is 862. The monoisotopic (exact) mass is 616 g/mol. The Balaban J connectivity index is 1.99. The summed E-state index contributed by atoms with van der Waals surface area (Å²) in [7, 11) is 0. The van der Waals surface area contributed by atoms with Gasteiger partial charge in [-0.25, -0.2) is 0 Å². The minimum atomic E-state index is -0.978. The molecule has 3 aliphatic rings. The van der Waals surface area contributed by atoms with Crippen LogP contribution in [-0.4, -0.2) is 16.4 Å². The van der Waals surface area contributed by atoms with Gasteiger partial charge in [0, 0.05) is 6.42 Å². The highest BCUT2D eigenvalue weighted by Crippen LogP contribution is 2.66. The second kappa shape index (κ2) is 6.05. The lowest BCUT2D eigenvalue weighted by molar-refractivity contribution is -0.123. The van der Waals surface area contributed by atoms with Crippen molar-refractivity contribution in [3.63, 3.8) is 0 Å². The standard InChI is InChI=1S/C15H12Br4N2O3S/c16-6-7(17)9(19)11-10(8(6)18)23-14-3-1-2-4-15(14,24-11)25-13(21)5(14)12(20)22/h1-4,21H2,(H2,20,22)/t14-,15+/m1/s1. The first kappa shape index (κ1) is 18.5. The first-order valence-corrected chi connectivity index (χ1v) is 11.5. The average Bonchev–Trinajstić information content (AvgIpc) is 2.84. The molecule has 25 heavy (non-hydrogen) atoms.